The van der Waals surface area contributed by atoms with Crippen LogP contribution in [0.15, 0.2) is 0 Å². The number of hydrogen-bond acceptors (Lipinski definition) is 4. The van der Waals surface area contributed by atoms with Crippen molar-refractivity contribution in [1.29, 1.82) is 0 Å². The van der Waals surface area contributed by atoms with Gasteiger partial charge in [0.1, 0.15) is 0 Å². The smallest absolute Gasteiger partial charge is 0.396 e. The van der Waals surface area contributed by atoms with Crippen LogP contribution in [0.4, 0.5) is 0 Å². The molecule has 1 rings (SSSR count). The fourth-order valence-corrected chi connectivity index (χ4v) is 1.59. The van der Waals surface area contributed by atoms with E-state index in [1.54, 1.807) is 6.92 Å². The van der Waals surface area contributed by atoms with Crippen LogP contribution in [0.5, 0.6) is 0 Å². The third-order valence-electron chi connectivity index (χ3n) is 2.47. The van der Waals surface area contributed by atoms with Crippen LogP contribution in [0, 0.1) is 5.92 Å². The number of amides is 1. The topological polar surface area (TPSA) is 67.4 Å². The lowest BCUT2D eigenvalue weighted by molar-refractivity contribution is -0.154. The van der Waals surface area contributed by atoms with Crippen molar-refractivity contribution in [3.05, 3.63) is 0 Å². The second-order valence-electron chi connectivity index (χ2n) is 3.62. The van der Waals surface area contributed by atoms with Crippen LogP contribution in [-0.2, 0) is 14.3 Å². The first kappa shape index (κ1) is 12.0. The second-order valence-corrected chi connectivity index (χ2v) is 3.62. The molecule has 0 unspecified atom stereocenters. The predicted octanol–water partition coefficient (Wildman–Crippen LogP) is -0.335. The van der Waals surface area contributed by atoms with Crippen molar-refractivity contribution in [3.8, 4) is 0 Å². The fraction of sp³-hybridized carbons (Fsp3) is 0.800. The molecule has 0 atom stereocenters. The van der Waals surface area contributed by atoms with E-state index in [0.717, 1.165) is 25.9 Å². The molecule has 1 aliphatic heterocycles. The Kier molecular flexibility index (Phi) is 5.10. The molecule has 0 spiro atoms. The number of carbonyl (C=O) groups is 2. The monoisotopic (exact) mass is 214 g/mol. The maximum Gasteiger partial charge on any atom is 0.396 e. The SMILES string of the molecule is CCOC(=O)C(=O)NCC1CCNCC1. The summed E-state index contributed by atoms with van der Waals surface area (Å²) in [5.41, 5.74) is 0. The Bertz CT molecular complexity index is 225. The number of esters is 1. The summed E-state index contributed by atoms with van der Waals surface area (Å²) in [7, 11) is 0. The normalized spacial score (nSPS) is 17.1. The average Bonchev–Trinajstić information content (AvgIpc) is 2.27. The summed E-state index contributed by atoms with van der Waals surface area (Å²) < 4.78 is 4.58. The van der Waals surface area contributed by atoms with Crippen molar-refractivity contribution in [2.45, 2.75) is 19.8 Å². The van der Waals surface area contributed by atoms with E-state index in [0.29, 0.717) is 12.5 Å². The molecular weight excluding hydrogens is 196 g/mol. The van der Waals surface area contributed by atoms with Crippen LogP contribution in [0.25, 0.3) is 0 Å². The van der Waals surface area contributed by atoms with Crippen LogP contribution >= 0.6 is 0 Å². The van der Waals surface area contributed by atoms with Crippen molar-refractivity contribution in [3.63, 3.8) is 0 Å². The van der Waals surface area contributed by atoms with E-state index in [1.807, 2.05) is 0 Å². The molecule has 0 radical (unpaired) electrons. The van der Waals surface area contributed by atoms with Crippen molar-refractivity contribution in [1.82, 2.24) is 10.6 Å². The number of piperidine rings is 1. The minimum Gasteiger partial charge on any atom is -0.459 e. The molecule has 1 fully saturated rings. The highest BCUT2D eigenvalue weighted by molar-refractivity contribution is 6.32. The van der Waals surface area contributed by atoms with E-state index in [-0.39, 0.29) is 6.61 Å². The lowest BCUT2D eigenvalue weighted by Gasteiger charge is -2.22. The Morgan fingerprint density at radius 3 is 2.67 bits per heavy atom. The average molecular weight is 214 g/mol. The van der Waals surface area contributed by atoms with Crippen LogP contribution in [-0.4, -0.2) is 38.1 Å². The molecule has 5 nitrogen and oxygen atoms in total. The molecule has 0 aliphatic carbocycles. The Morgan fingerprint density at radius 2 is 2.07 bits per heavy atom. The predicted molar refractivity (Wildman–Crippen MR) is 55.2 cm³/mol. The van der Waals surface area contributed by atoms with Gasteiger partial charge in [0.25, 0.3) is 0 Å². The number of rotatable bonds is 3. The second kappa shape index (κ2) is 6.40. The highest BCUT2D eigenvalue weighted by Gasteiger charge is 2.18. The molecule has 1 heterocycles. The zero-order valence-electron chi connectivity index (χ0n) is 9.04. The number of nitrogens with one attached hydrogen (secondary N) is 2. The maximum atomic E-state index is 11.2. The van der Waals surface area contributed by atoms with Gasteiger partial charge in [0.15, 0.2) is 0 Å². The maximum absolute atomic E-state index is 11.2. The molecule has 1 amide bonds. The molecule has 1 aliphatic rings. The molecule has 5 heteroatoms. The van der Waals surface area contributed by atoms with Crippen molar-refractivity contribution >= 4 is 11.9 Å². The molecule has 0 aromatic heterocycles. The molecule has 15 heavy (non-hydrogen) atoms. The summed E-state index contributed by atoms with van der Waals surface area (Å²) in [5.74, 6) is -0.938. The molecule has 1 saturated heterocycles. The summed E-state index contributed by atoms with van der Waals surface area (Å²) in [6.07, 6.45) is 2.09. The molecule has 0 bridgehead atoms. The number of carbonyl (C=O) groups excluding carboxylic acids is 2. The van der Waals surface area contributed by atoms with E-state index in [1.165, 1.54) is 0 Å². The van der Waals surface area contributed by atoms with Gasteiger partial charge < -0.3 is 15.4 Å². The summed E-state index contributed by atoms with van der Waals surface area (Å²) >= 11 is 0. The highest BCUT2D eigenvalue weighted by atomic mass is 16.5. The highest BCUT2D eigenvalue weighted by Crippen LogP contribution is 2.09. The van der Waals surface area contributed by atoms with Crippen LogP contribution < -0.4 is 10.6 Å². The first-order valence-electron chi connectivity index (χ1n) is 5.39. The van der Waals surface area contributed by atoms with Gasteiger partial charge in [0.2, 0.25) is 0 Å². The standard InChI is InChI=1S/C10H18N2O3/c1-2-15-10(14)9(13)12-7-8-3-5-11-6-4-8/h8,11H,2-7H2,1H3,(H,12,13). The molecule has 2 N–H and O–H groups in total. The van der Waals surface area contributed by atoms with Gasteiger partial charge in [0.05, 0.1) is 6.61 Å². The zero-order chi connectivity index (χ0) is 11.1. The summed E-state index contributed by atoms with van der Waals surface area (Å²) in [4.78, 5) is 22.1. The van der Waals surface area contributed by atoms with Gasteiger partial charge >= 0.3 is 11.9 Å². The van der Waals surface area contributed by atoms with Gasteiger partial charge in [0, 0.05) is 6.54 Å². The van der Waals surface area contributed by atoms with Gasteiger partial charge in [-0.3, -0.25) is 4.79 Å². The lowest BCUT2D eigenvalue weighted by Crippen LogP contribution is -2.39. The Hall–Kier alpha value is -1.10. The van der Waals surface area contributed by atoms with Crippen molar-refractivity contribution in [2.24, 2.45) is 5.92 Å². The lowest BCUT2D eigenvalue weighted by atomic mass is 9.98. The van der Waals surface area contributed by atoms with Gasteiger partial charge in [-0.15, -0.1) is 0 Å². The largest absolute Gasteiger partial charge is 0.459 e. The Labute approximate surface area is 89.6 Å². The summed E-state index contributed by atoms with van der Waals surface area (Å²) in [5, 5.41) is 5.84. The molecule has 86 valence electrons. The minimum atomic E-state index is -0.786. The third-order valence-corrected chi connectivity index (χ3v) is 2.47. The van der Waals surface area contributed by atoms with Gasteiger partial charge in [-0.1, -0.05) is 0 Å². The minimum absolute atomic E-state index is 0.236. The number of hydrogen-bond donors (Lipinski definition) is 2. The Balaban J connectivity index is 2.17. The van der Waals surface area contributed by atoms with Crippen molar-refractivity contribution in [2.75, 3.05) is 26.2 Å². The van der Waals surface area contributed by atoms with E-state index < -0.39 is 11.9 Å². The number of ether oxygens (including phenoxy) is 1. The van der Waals surface area contributed by atoms with E-state index in [4.69, 9.17) is 0 Å². The van der Waals surface area contributed by atoms with Gasteiger partial charge in [-0.25, -0.2) is 4.79 Å². The molecule has 0 aromatic carbocycles. The molecule has 0 aromatic rings. The van der Waals surface area contributed by atoms with Crippen LogP contribution in [0.1, 0.15) is 19.8 Å². The van der Waals surface area contributed by atoms with E-state index >= 15 is 0 Å². The van der Waals surface area contributed by atoms with Gasteiger partial charge in [-0.05, 0) is 38.8 Å². The first-order valence-corrected chi connectivity index (χ1v) is 5.39. The fourth-order valence-electron chi connectivity index (χ4n) is 1.59. The van der Waals surface area contributed by atoms with Crippen LogP contribution in [0.2, 0.25) is 0 Å². The molecule has 0 saturated carbocycles. The summed E-state index contributed by atoms with van der Waals surface area (Å²) in [6.45, 7) is 4.46. The first-order chi connectivity index (χ1) is 7.24. The quantitative estimate of drug-likeness (QED) is 0.498. The van der Waals surface area contributed by atoms with Crippen molar-refractivity contribution < 1.29 is 14.3 Å². The van der Waals surface area contributed by atoms with Gasteiger partial charge in [-0.2, -0.15) is 0 Å². The van der Waals surface area contributed by atoms with E-state index in [2.05, 4.69) is 15.4 Å². The van der Waals surface area contributed by atoms with Crippen LogP contribution in [0.3, 0.4) is 0 Å². The Morgan fingerprint density at radius 1 is 1.40 bits per heavy atom. The summed E-state index contributed by atoms with van der Waals surface area (Å²) in [6, 6.07) is 0. The molecular formula is C10H18N2O3. The zero-order valence-corrected chi connectivity index (χ0v) is 9.04. The van der Waals surface area contributed by atoms with E-state index in [9.17, 15) is 9.59 Å². The third kappa shape index (κ3) is 4.29.